The molecule has 4 rings (SSSR count). The lowest BCUT2D eigenvalue weighted by molar-refractivity contribution is 0.0773. The Morgan fingerprint density at radius 3 is 2.30 bits per heavy atom. The highest BCUT2D eigenvalue weighted by Crippen LogP contribution is 2.30. The minimum absolute atomic E-state index is 0.0115. The molecule has 7 heteroatoms. The summed E-state index contributed by atoms with van der Waals surface area (Å²) < 4.78 is 25.4. The summed E-state index contributed by atoms with van der Waals surface area (Å²) in [5.74, 6) is 0.0115. The van der Waals surface area contributed by atoms with Crippen LogP contribution in [0.4, 0.5) is 0 Å². The molecule has 1 unspecified atom stereocenters. The molecule has 27 heavy (non-hydrogen) atoms. The lowest BCUT2D eigenvalue weighted by atomic mass is 10.2. The summed E-state index contributed by atoms with van der Waals surface area (Å²) in [5, 5.41) is 3.11. The van der Waals surface area contributed by atoms with Crippen molar-refractivity contribution in [3.8, 4) is 0 Å². The highest BCUT2D eigenvalue weighted by atomic mass is 32.2. The Labute approximate surface area is 161 Å². The van der Waals surface area contributed by atoms with Crippen LogP contribution in [0, 0.1) is 0 Å². The van der Waals surface area contributed by atoms with Gasteiger partial charge < -0.3 is 10.2 Å². The first-order chi connectivity index (χ1) is 13.1. The van der Waals surface area contributed by atoms with Crippen LogP contribution in [0.25, 0.3) is 0 Å². The minimum atomic E-state index is -3.26. The molecule has 2 aliphatic heterocycles. The summed E-state index contributed by atoms with van der Waals surface area (Å²) in [5.41, 5.74) is 0.585. The van der Waals surface area contributed by atoms with Gasteiger partial charge >= 0.3 is 0 Å². The summed E-state index contributed by atoms with van der Waals surface area (Å²) in [6.07, 6.45) is 4.50. The number of amides is 1. The van der Waals surface area contributed by atoms with Crippen LogP contribution in [0.1, 0.15) is 42.5 Å². The summed E-state index contributed by atoms with van der Waals surface area (Å²) >= 11 is 0. The molecule has 0 spiro atoms. The third-order valence-corrected chi connectivity index (χ3v) is 8.57. The molecule has 1 saturated carbocycles. The van der Waals surface area contributed by atoms with E-state index < -0.39 is 9.84 Å². The van der Waals surface area contributed by atoms with Gasteiger partial charge in [-0.3, -0.25) is 9.69 Å². The molecule has 1 N–H and O–H groups in total. The molecule has 1 atom stereocenters. The Morgan fingerprint density at radius 1 is 0.963 bits per heavy atom. The van der Waals surface area contributed by atoms with Crippen LogP contribution in [0.2, 0.25) is 0 Å². The van der Waals surface area contributed by atoms with Gasteiger partial charge in [0.1, 0.15) is 0 Å². The first kappa shape index (κ1) is 18.9. The Morgan fingerprint density at radius 2 is 1.63 bits per heavy atom. The maximum Gasteiger partial charge on any atom is 0.253 e. The standard InChI is InChI=1S/C20H29N3O3S/c24-20(23-12-9-17(15-23)22-13-10-21-11-14-22)16-5-7-19(8-6-16)27(25,26)18-3-1-2-4-18/h5-8,17-18,21H,1-4,9-15H2. The van der Waals surface area contributed by atoms with Gasteiger partial charge in [0.05, 0.1) is 10.1 Å². The van der Waals surface area contributed by atoms with E-state index in [2.05, 4.69) is 10.2 Å². The van der Waals surface area contributed by atoms with E-state index in [0.29, 0.717) is 16.5 Å². The molecule has 148 valence electrons. The van der Waals surface area contributed by atoms with Crippen LogP contribution in [-0.2, 0) is 9.84 Å². The Hall–Kier alpha value is -1.44. The molecule has 3 fully saturated rings. The molecular weight excluding hydrogens is 362 g/mol. The predicted octanol–water partition coefficient (Wildman–Crippen LogP) is 1.52. The molecule has 2 saturated heterocycles. The van der Waals surface area contributed by atoms with Gasteiger partial charge in [0, 0.05) is 50.9 Å². The predicted molar refractivity (Wildman–Crippen MR) is 105 cm³/mol. The van der Waals surface area contributed by atoms with Gasteiger partial charge in [-0.05, 0) is 43.5 Å². The molecule has 6 nitrogen and oxygen atoms in total. The first-order valence-electron chi connectivity index (χ1n) is 10.1. The molecule has 2 heterocycles. The first-order valence-corrected chi connectivity index (χ1v) is 11.7. The SMILES string of the molecule is O=C(c1ccc(S(=O)(=O)C2CCCC2)cc1)N1CCC(N2CCNCC2)C1. The van der Waals surface area contributed by atoms with Crippen molar-refractivity contribution in [2.45, 2.75) is 48.3 Å². The van der Waals surface area contributed by atoms with Crippen LogP contribution < -0.4 is 5.32 Å². The molecule has 1 amide bonds. The molecule has 0 aromatic heterocycles. The number of nitrogens with zero attached hydrogens (tertiary/aromatic N) is 2. The monoisotopic (exact) mass is 391 g/mol. The zero-order valence-electron chi connectivity index (χ0n) is 15.8. The van der Waals surface area contributed by atoms with E-state index in [0.717, 1.165) is 71.4 Å². The summed E-state index contributed by atoms with van der Waals surface area (Å²) in [7, 11) is -3.26. The molecule has 0 radical (unpaired) electrons. The third kappa shape index (κ3) is 3.91. The summed E-state index contributed by atoms with van der Waals surface area (Å²) in [6.45, 7) is 5.65. The second kappa shape index (κ2) is 7.89. The van der Waals surface area contributed by atoms with Gasteiger partial charge in [-0.25, -0.2) is 8.42 Å². The van der Waals surface area contributed by atoms with Crippen molar-refractivity contribution in [3.63, 3.8) is 0 Å². The van der Waals surface area contributed by atoms with Gasteiger partial charge in [-0.1, -0.05) is 12.8 Å². The minimum Gasteiger partial charge on any atom is -0.337 e. The normalized spacial score (nSPS) is 25.2. The number of hydrogen-bond donors (Lipinski definition) is 1. The number of sulfone groups is 1. The maximum atomic E-state index is 12.8. The summed E-state index contributed by atoms with van der Waals surface area (Å²) in [4.78, 5) is 17.6. The Balaban J connectivity index is 1.41. The van der Waals surface area contributed by atoms with Crippen LogP contribution >= 0.6 is 0 Å². The molecule has 0 bridgehead atoms. The van der Waals surface area contributed by atoms with Gasteiger partial charge in [0.15, 0.2) is 9.84 Å². The second-order valence-electron chi connectivity index (χ2n) is 7.96. The summed E-state index contributed by atoms with van der Waals surface area (Å²) in [6, 6.07) is 7.04. The highest BCUT2D eigenvalue weighted by Gasteiger charge is 2.32. The van der Waals surface area contributed by atoms with E-state index in [4.69, 9.17) is 0 Å². The van der Waals surface area contributed by atoms with Crippen LogP contribution in [0.15, 0.2) is 29.2 Å². The second-order valence-corrected chi connectivity index (χ2v) is 10.2. The number of likely N-dealkylation sites (tertiary alicyclic amines) is 1. The number of carbonyl (C=O) groups excluding carboxylic acids is 1. The fourth-order valence-corrected chi connectivity index (χ4v) is 6.49. The van der Waals surface area contributed by atoms with Crippen molar-refractivity contribution in [1.82, 2.24) is 15.1 Å². The van der Waals surface area contributed by atoms with Gasteiger partial charge in [0.25, 0.3) is 5.91 Å². The van der Waals surface area contributed by atoms with E-state index in [1.807, 2.05) is 4.90 Å². The molecule has 1 aromatic carbocycles. The van der Waals surface area contributed by atoms with E-state index in [1.54, 1.807) is 24.3 Å². The van der Waals surface area contributed by atoms with Crippen molar-refractivity contribution >= 4 is 15.7 Å². The van der Waals surface area contributed by atoms with Crippen LogP contribution in [-0.4, -0.2) is 74.7 Å². The largest absolute Gasteiger partial charge is 0.337 e. The van der Waals surface area contributed by atoms with Crippen LogP contribution in [0.3, 0.4) is 0 Å². The zero-order valence-corrected chi connectivity index (χ0v) is 16.6. The van der Waals surface area contributed by atoms with Crippen molar-refractivity contribution in [2.24, 2.45) is 0 Å². The molecular formula is C20H29N3O3S. The number of rotatable bonds is 4. The number of hydrogen-bond acceptors (Lipinski definition) is 5. The van der Waals surface area contributed by atoms with E-state index in [-0.39, 0.29) is 11.2 Å². The average Bonchev–Trinajstić information content (AvgIpc) is 3.41. The molecule has 1 aromatic rings. The lowest BCUT2D eigenvalue weighted by Crippen LogP contribution is -2.49. The number of benzene rings is 1. The van der Waals surface area contributed by atoms with Gasteiger partial charge in [-0.15, -0.1) is 0 Å². The van der Waals surface area contributed by atoms with E-state index in [9.17, 15) is 13.2 Å². The van der Waals surface area contributed by atoms with Crippen molar-refractivity contribution in [2.75, 3.05) is 39.3 Å². The van der Waals surface area contributed by atoms with Crippen molar-refractivity contribution < 1.29 is 13.2 Å². The smallest absolute Gasteiger partial charge is 0.253 e. The fourth-order valence-electron chi connectivity index (χ4n) is 4.63. The fraction of sp³-hybridized carbons (Fsp3) is 0.650. The topological polar surface area (TPSA) is 69.7 Å². The van der Waals surface area contributed by atoms with E-state index in [1.165, 1.54) is 0 Å². The highest BCUT2D eigenvalue weighted by molar-refractivity contribution is 7.92. The number of piperazine rings is 1. The Bertz CT molecular complexity index is 766. The quantitative estimate of drug-likeness (QED) is 0.843. The third-order valence-electron chi connectivity index (χ3n) is 6.29. The number of nitrogens with one attached hydrogen (secondary N) is 1. The Kier molecular flexibility index (Phi) is 5.53. The van der Waals surface area contributed by atoms with Crippen LogP contribution in [0.5, 0.6) is 0 Å². The molecule has 3 aliphatic rings. The maximum absolute atomic E-state index is 12.8. The number of carbonyl (C=O) groups is 1. The van der Waals surface area contributed by atoms with Crippen molar-refractivity contribution in [1.29, 1.82) is 0 Å². The van der Waals surface area contributed by atoms with E-state index >= 15 is 0 Å². The molecule has 1 aliphatic carbocycles. The lowest BCUT2D eigenvalue weighted by Gasteiger charge is -2.32. The van der Waals surface area contributed by atoms with Gasteiger partial charge in [-0.2, -0.15) is 0 Å². The van der Waals surface area contributed by atoms with Crippen molar-refractivity contribution in [3.05, 3.63) is 29.8 Å². The van der Waals surface area contributed by atoms with Gasteiger partial charge in [0.2, 0.25) is 0 Å². The zero-order chi connectivity index (χ0) is 18.9. The average molecular weight is 392 g/mol.